The summed E-state index contributed by atoms with van der Waals surface area (Å²) in [5, 5.41) is 36.4. The molecule has 1 aromatic carbocycles. The number of carboxylic acid groups (broad SMARTS) is 1. The minimum absolute atomic E-state index is 0.0417. The van der Waals surface area contributed by atoms with Crippen molar-refractivity contribution in [1.82, 2.24) is 0 Å². The molecule has 140 valence electrons. The molecular weight excluding hydrogens is 360 g/mol. The molecule has 2 rings (SSSR count). The Morgan fingerprint density at radius 3 is 2.54 bits per heavy atom. The summed E-state index contributed by atoms with van der Waals surface area (Å²) in [4.78, 5) is 10.7. The normalized spacial score (nSPS) is 14.8. The molecule has 0 radical (unpaired) electrons. The molecule has 8 heteroatoms. The average Bonchev–Trinajstić information content (AvgIpc) is 2.90. The number of anilines is 1. The SMILES string of the molecule is CC1(C)OC(=C(C#N)C#N)C(C#N)=C1/C=C/c1ccc(N)c(OCC(=O)O)c1. The van der Waals surface area contributed by atoms with Crippen LogP contribution < -0.4 is 10.5 Å². The summed E-state index contributed by atoms with van der Waals surface area (Å²) in [7, 11) is 0. The van der Waals surface area contributed by atoms with Crippen LogP contribution in [0.1, 0.15) is 19.4 Å². The van der Waals surface area contributed by atoms with Gasteiger partial charge in [0.15, 0.2) is 17.9 Å². The lowest BCUT2D eigenvalue weighted by Gasteiger charge is -2.20. The lowest BCUT2D eigenvalue weighted by Crippen LogP contribution is -2.20. The highest BCUT2D eigenvalue weighted by molar-refractivity contribution is 5.70. The summed E-state index contributed by atoms with van der Waals surface area (Å²) in [6.07, 6.45) is 3.32. The molecule has 8 nitrogen and oxygen atoms in total. The van der Waals surface area contributed by atoms with Crippen molar-refractivity contribution in [2.45, 2.75) is 19.4 Å². The second-order valence-corrected chi connectivity index (χ2v) is 6.25. The molecule has 1 aliphatic heterocycles. The van der Waals surface area contributed by atoms with Crippen molar-refractivity contribution in [3.05, 3.63) is 52.3 Å². The van der Waals surface area contributed by atoms with Gasteiger partial charge in [-0.2, -0.15) is 15.8 Å². The maximum Gasteiger partial charge on any atom is 0.341 e. The van der Waals surface area contributed by atoms with Gasteiger partial charge in [0.1, 0.15) is 35.1 Å². The van der Waals surface area contributed by atoms with Gasteiger partial charge < -0.3 is 20.3 Å². The van der Waals surface area contributed by atoms with Crippen LogP contribution in [0.2, 0.25) is 0 Å². The minimum Gasteiger partial charge on any atom is -0.480 e. The molecule has 0 fully saturated rings. The number of carbonyl (C=O) groups is 1. The molecule has 0 saturated heterocycles. The Hall–Kier alpha value is -4.22. The Morgan fingerprint density at radius 1 is 1.29 bits per heavy atom. The second-order valence-electron chi connectivity index (χ2n) is 6.25. The van der Waals surface area contributed by atoms with Crippen molar-refractivity contribution in [3.8, 4) is 24.0 Å². The number of nitrogens with zero attached hydrogens (tertiary/aromatic N) is 3. The summed E-state index contributed by atoms with van der Waals surface area (Å²) < 4.78 is 10.8. The fourth-order valence-corrected chi connectivity index (χ4v) is 2.58. The minimum atomic E-state index is -1.13. The Balaban J connectivity index is 2.46. The first-order chi connectivity index (χ1) is 13.2. The van der Waals surface area contributed by atoms with Gasteiger partial charge >= 0.3 is 5.97 Å². The van der Waals surface area contributed by atoms with E-state index < -0.39 is 18.2 Å². The third-order valence-corrected chi connectivity index (χ3v) is 3.90. The summed E-state index contributed by atoms with van der Waals surface area (Å²) in [5.41, 5.74) is 6.13. The van der Waals surface area contributed by atoms with Crippen molar-refractivity contribution in [2.24, 2.45) is 0 Å². The van der Waals surface area contributed by atoms with E-state index in [2.05, 4.69) is 0 Å². The van der Waals surface area contributed by atoms with Gasteiger partial charge in [0, 0.05) is 5.57 Å². The third-order valence-electron chi connectivity index (χ3n) is 3.90. The van der Waals surface area contributed by atoms with Gasteiger partial charge in [-0.15, -0.1) is 0 Å². The lowest BCUT2D eigenvalue weighted by molar-refractivity contribution is -0.139. The molecule has 28 heavy (non-hydrogen) atoms. The topological polar surface area (TPSA) is 153 Å². The molecule has 0 spiro atoms. The van der Waals surface area contributed by atoms with E-state index in [1.807, 2.05) is 6.07 Å². The zero-order valence-electron chi connectivity index (χ0n) is 15.2. The molecule has 0 unspecified atom stereocenters. The van der Waals surface area contributed by atoms with E-state index in [0.717, 1.165) is 0 Å². The number of carboxylic acids is 1. The number of aliphatic carboxylic acids is 1. The number of hydrogen-bond acceptors (Lipinski definition) is 7. The van der Waals surface area contributed by atoms with Crippen LogP contribution in [-0.2, 0) is 9.53 Å². The van der Waals surface area contributed by atoms with Crippen molar-refractivity contribution in [3.63, 3.8) is 0 Å². The van der Waals surface area contributed by atoms with E-state index in [9.17, 15) is 10.1 Å². The fourth-order valence-electron chi connectivity index (χ4n) is 2.58. The van der Waals surface area contributed by atoms with E-state index in [-0.39, 0.29) is 28.3 Å². The van der Waals surface area contributed by atoms with E-state index >= 15 is 0 Å². The average molecular weight is 376 g/mol. The van der Waals surface area contributed by atoms with Gasteiger partial charge in [0.2, 0.25) is 0 Å². The van der Waals surface area contributed by atoms with Crippen LogP contribution in [0.15, 0.2) is 46.8 Å². The molecule has 1 aromatic rings. The van der Waals surface area contributed by atoms with Crippen molar-refractivity contribution in [1.29, 1.82) is 15.8 Å². The van der Waals surface area contributed by atoms with Gasteiger partial charge in [-0.25, -0.2) is 4.79 Å². The van der Waals surface area contributed by atoms with E-state index in [0.29, 0.717) is 11.1 Å². The number of rotatable bonds is 5. The molecule has 1 heterocycles. The van der Waals surface area contributed by atoms with Crippen LogP contribution in [0.4, 0.5) is 5.69 Å². The summed E-state index contributed by atoms with van der Waals surface area (Å²) in [6, 6.07) is 10.3. The first-order valence-corrected chi connectivity index (χ1v) is 8.04. The van der Waals surface area contributed by atoms with Crippen molar-refractivity contribution < 1.29 is 19.4 Å². The first kappa shape index (κ1) is 20.1. The van der Waals surface area contributed by atoms with E-state index in [1.54, 1.807) is 56.3 Å². The lowest BCUT2D eigenvalue weighted by atomic mass is 9.94. The second kappa shape index (κ2) is 7.99. The number of ether oxygens (including phenoxy) is 2. The zero-order chi connectivity index (χ0) is 20.9. The highest BCUT2D eigenvalue weighted by atomic mass is 16.5. The molecule has 0 bridgehead atoms. The largest absolute Gasteiger partial charge is 0.480 e. The van der Waals surface area contributed by atoms with Crippen LogP contribution >= 0.6 is 0 Å². The molecule has 0 saturated carbocycles. The zero-order valence-corrected chi connectivity index (χ0v) is 15.2. The summed E-state index contributed by atoms with van der Waals surface area (Å²) in [6.45, 7) is 2.91. The molecule has 0 aromatic heterocycles. The highest BCUT2D eigenvalue weighted by Crippen LogP contribution is 2.40. The first-order valence-electron chi connectivity index (χ1n) is 8.04. The van der Waals surface area contributed by atoms with Gasteiger partial charge in [0.05, 0.1) is 5.69 Å². The molecule has 1 aliphatic rings. The smallest absolute Gasteiger partial charge is 0.341 e. The number of hydrogen-bond donors (Lipinski definition) is 2. The Labute approximate surface area is 161 Å². The van der Waals surface area contributed by atoms with Crippen molar-refractivity contribution in [2.75, 3.05) is 12.3 Å². The fraction of sp³-hybridized carbons (Fsp3) is 0.200. The van der Waals surface area contributed by atoms with Crippen LogP contribution in [0.25, 0.3) is 6.08 Å². The molecule has 0 aliphatic carbocycles. The highest BCUT2D eigenvalue weighted by Gasteiger charge is 2.38. The van der Waals surface area contributed by atoms with Gasteiger partial charge in [-0.05, 0) is 31.5 Å². The van der Waals surface area contributed by atoms with Gasteiger partial charge in [-0.3, -0.25) is 0 Å². The number of allylic oxidation sites excluding steroid dienone is 2. The molecular formula is C20H16N4O4. The van der Waals surface area contributed by atoms with Crippen LogP contribution in [0, 0.1) is 34.0 Å². The maximum atomic E-state index is 10.7. The predicted octanol–water partition coefficient (Wildman–Crippen LogP) is 2.68. The molecule has 3 N–H and O–H groups in total. The summed E-state index contributed by atoms with van der Waals surface area (Å²) >= 11 is 0. The van der Waals surface area contributed by atoms with E-state index in [4.69, 9.17) is 30.8 Å². The van der Waals surface area contributed by atoms with E-state index in [1.165, 1.54) is 0 Å². The monoisotopic (exact) mass is 376 g/mol. The summed E-state index contributed by atoms with van der Waals surface area (Å²) in [5.74, 6) is -0.947. The Morgan fingerprint density at radius 2 is 1.96 bits per heavy atom. The van der Waals surface area contributed by atoms with Gasteiger partial charge in [-0.1, -0.05) is 18.2 Å². The van der Waals surface area contributed by atoms with Crippen LogP contribution in [0.3, 0.4) is 0 Å². The number of nitrogen functional groups attached to an aromatic ring is 1. The Kier molecular flexibility index (Phi) is 5.73. The predicted molar refractivity (Wildman–Crippen MR) is 99.1 cm³/mol. The quantitative estimate of drug-likeness (QED) is 0.587. The molecule has 0 atom stereocenters. The van der Waals surface area contributed by atoms with Crippen molar-refractivity contribution >= 4 is 17.7 Å². The standard InChI is InChI=1S/C20H16N4O4/c1-20(2)15(14(10-23)19(28-20)13(8-21)9-22)5-3-12-4-6-16(24)17(7-12)27-11-18(25)26/h3-7H,11,24H2,1-2H3,(H,25,26)/b5-3+. The van der Waals surface area contributed by atoms with Crippen LogP contribution in [-0.4, -0.2) is 23.3 Å². The number of benzene rings is 1. The van der Waals surface area contributed by atoms with Gasteiger partial charge in [0.25, 0.3) is 0 Å². The number of nitrogens with two attached hydrogens (primary N) is 1. The maximum absolute atomic E-state index is 10.7. The Bertz CT molecular complexity index is 1030. The van der Waals surface area contributed by atoms with Crippen LogP contribution in [0.5, 0.6) is 5.75 Å². The third kappa shape index (κ3) is 4.12. The molecule has 0 amide bonds. The number of nitriles is 3.